The fourth-order valence-corrected chi connectivity index (χ4v) is 3.45. The summed E-state index contributed by atoms with van der Waals surface area (Å²) in [5, 5.41) is 3.14. The number of rotatable bonds is 5. The van der Waals surface area contributed by atoms with Crippen molar-refractivity contribution in [2.24, 2.45) is 5.73 Å². The van der Waals surface area contributed by atoms with Crippen LogP contribution in [0, 0.1) is 6.92 Å². The summed E-state index contributed by atoms with van der Waals surface area (Å²) in [5.41, 5.74) is 7.44. The number of pyridine rings is 2. The molecule has 0 aliphatic carbocycles. The molecule has 1 aliphatic heterocycles. The molecule has 0 saturated carbocycles. The summed E-state index contributed by atoms with van der Waals surface area (Å²) < 4.78 is 0. The molecule has 8 heteroatoms. The van der Waals surface area contributed by atoms with Gasteiger partial charge in [-0.15, -0.1) is 0 Å². The van der Waals surface area contributed by atoms with Gasteiger partial charge in [-0.3, -0.25) is 14.6 Å². The highest BCUT2D eigenvalue weighted by Crippen LogP contribution is 2.26. The van der Waals surface area contributed by atoms with Crippen molar-refractivity contribution in [3.05, 3.63) is 54.4 Å². The van der Waals surface area contributed by atoms with Gasteiger partial charge in [-0.1, -0.05) is 6.58 Å². The highest BCUT2D eigenvalue weighted by atomic mass is 16.2. The number of nitrogens with one attached hydrogen (secondary N) is 1. The molecule has 2 aromatic heterocycles. The Hall–Kier alpha value is -3.42. The number of nitrogens with zero attached hydrogens (tertiary/aromatic N) is 4. The molecule has 1 fully saturated rings. The van der Waals surface area contributed by atoms with Gasteiger partial charge in [-0.05, 0) is 51.1 Å². The van der Waals surface area contributed by atoms with Gasteiger partial charge in [-0.2, -0.15) is 0 Å². The summed E-state index contributed by atoms with van der Waals surface area (Å²) >= 11 is 0. The standard InChI is InChI=1S/C21H26N6O2/c1-5-19(28)27-12-14(3)26(11-15(27)4)18-9-8-17(20(22)29)21(25-18)24-16-7-6-13(2)23-10-16/h5-10,14-15H,1,11-12H2,2-4H3,(H2,22,29)(H,24,25)/t14-,15-/m0/s1. The van der Waals surface area contributed by atoms with Crippen LogP contribution in [0.4, 0.5) is 17.3 Å². The largest absolute Gasteiger partial charge is 0.365 e. The van der Waals surface area contributed by atoms with E-state index >= 15 is 0 Å². The van der Waals surface area contributed by atoms with Gasteiger partial charge in [0.2, 0.25) is 5.91 Å². The molecule has 0 unspecified atom stereocenters. The third-order valence-corrected chi connectivity index (χ3v) is 5.06. The first-order valence-electron chi connectivity index (χ1n) is 9.50. The molecule has 0 spiro atoms. The second-order valence-corrected chi connectivity index (χ2v) is 7.29. The molecule has 152 valence electrons. The lowest BCUT2D eigenvalue weighted by Crippen LogP contribution is -2.58. The van der Waals surface area contributed by atoms with E-state index in [0.717, 1.165) is 5.69 Å². The first-order valence-corrected chi connectivity index (χ1v) is 9.50. The molecule has 1 saturated heterocycles. The quantitative estimate of drug-likeness (QED) is 0.754. The van der Waals surface area contributed by atoms with Crippen LogP contribution in [0.2, 0.25) is 0 Å². The number of piperazine rings is 1. The lowest BCUT2D eigenvalue weighted by Gasteiger charge is -2.44. The van der Waals surface area contributed by atoms with E-state index in [0.29, 0.717) is 36.0 Å². The van der Waals surface area contributed by atoms with Crippen LogP contribution in [0.1, 0.15) is 29.9 Å². The van der Waals surface area contributed by atoms with Gasteiger partial charge >= 0.3 is 0 Å². The van der Waals surface area contributed by atoms with Gasteiger partial charge in [0.05, 0.1) is 17.4 Å². The molecule has 0 bridgehead atoms. The molecule has 2 atom stereocenters. The van der Waals surface area contributed by atoms with E-state index < -0.39 is 5.91 Å². The van der Waals surface area contributed by atoms with Crippen LogP contribution < -0.4 is 16.0 Å². The van der Waals surface area contributed by atoms with Gasteiger partial charge < -0.3 is 20.9 Å². The smallest absolute Gasteiger partial charge is 0.252 e. The van der Waals surface area contributed by atoms with Gasteiger partial charge in [0.15, 0.2) is 0 Å². The van der Waals surface area contributed by atoms with E-state index in [1.807, 2.05) is 37.8 Å². The van der Waals surface area contributed by atoms with Crippen LogP contribution in [0.5, 0.6) is 0 Å². The molecule has 2 amide bonds. The molecular formula is C21H26N6O2. The summed E-state index contributed by atoms with van der Waals surface area (Å²) in [7, 11) is 0. The maximum atomic E-state index is 12.1. The zero-order valence-corrected chi connectivity index (χ0v) is 16.9. The minimum Gasteiger partial charge on any atom is -0.365 e. The number of aromatic nitrogens is 2. The van der Waals surface area contributed by atoms with Gasteiger partial charge in [0.25, 0.3) is 5.91 Å². The van der Waals surface area contributed by atoms with E-state index in [9.17, 15) is 9.59 Å². The van der Waals surface area contributed by atoms with Gasteiger partial charge in [-0.25, -0.2) is 4.98 Å². The normalized spacial score (nSPS) is 19.0. The zero-order chi connectivity index (χ0) is 21.1. The topological polar surface area (TPSA) is 104 Å². The van der Waals surface area contributed by atoms with E-state index in [2.05, 4.69) is 26.8 Å². The average Bonchev–Trinajstić information content (AvgIpc) is 2.70. The molecule has 3 heterocycles. The lowest BCUT2D eigenvalue weighted by atomic mass is 10.1. The van der Waals surface area contributed by atoms with Crippen LogP contribution in [0.3, 0.4) is 0 Å². The molecule has 1 aliphatic rings. The summed E-state index contributed by atoms with van der Waals surface area (Å²) in [4.78, 5) is 36.8. The molecule has 0 radical (unpaired) electrons. The fraction of sp³-hybridized carbons (Fsp3) is 0.333. The Morgan fingerprint density at radius 3 is 2.59 bits per heavy atom. The highest BCUT2D eigenvalue weighted by Gasteiger charge is 2.32. The van der Waals surface area contributed by atoms with Crippen LogP contribution in [-0.2, 0) is 4.79 Å². The van der Waals surface area contributed by atoms with E-state index in [1.54, 1.807) is 18.3 Å². The van der Waals surface area contributed by atoms with Crippen molar-refractivity contribution >= 4 is 29.1 Å². The molecule has 3 rings (SSSR count). The number of hydrogen-bond donors (Lipinski definition) is 2. The van der Waals surface area contributed by atoms with Crippen molar-refractivity contribution in [1.29, 1.82) is 0 Å². The maximum absolute atomic E-state index is 12.1. The first kappa shape index (κ1) is 20.3. The maximum Gasteiger partial charge on any atom is 0.252 e. The number of carbonyl (C=O) groups excluding carboxylic acids is 2. The van der Waals surface area contributed by atoms with Gasteiger partial charge in [0, 0.05) is 30.9 Å². The Morgan fingerprint density at radius 2 is 1.97 bits per heavy atom. The van der Waals surface area contributed by atoms with Crippen molar-refractivity contribution < 1.29 is 9.59 Å². The van der Waals surface area contributed by atoms with Crippen molar-refractivity contribution in [2.45, 2.75) is 32.9 Å². The zero-order valence-electron chi connectivity index (χ0n) is 16.9. The fourth-order valence-electron chi connectivity index (χ4n) is 3.45. The monoisotopic (exact) mass is 394 g/mol. The number of amides is 2. The number of anilines is 3. The Labute approximate surface area is 170 Å². The summed E-state index contributed by atoms with van der Waals surface area (Å²) in [5.74, 6) is 0.456. The SMILES string of the molecule is C=CC(=O)N1C[C@H](C)N(c2ccc(C(N)=O)c(Nc3ccc(C)nc3)n2)C[C@@H]1C. The molecular weight excluding hydrogens is 368 g/mol. The lowest BCUT2D eigenvalue weighted by molar-refractivity contribution is -0.128. The molecule has 2 aromatic rings. The minimum absolute atomic E-state index is 0.00650. The van der Waals surface area contributed by atoms with Crippen LogP contribution in [-0.4, -0.2) is 51.9 Å². The summed E-state index contributed by atoms with van der Waals surface area (Å²) in [6.07, 6.45) is 3.02. The number of nitrogens with two attached hydrogens (primary N) is 1. The van der Waals surface area contributed by atoms with Crippen LogP contribution in [0.25, 0.3) is 0 Å². The second-order valence-electron chi connectivity index (χ2n) is 7.29. The van der Waals surface area contributed by atoms with E-state index in [-0.39, 0.29) is 18.0 Å². The second kappa shape index (κ2) is 8.30. The third-order valence-electron chi connectivity index (χ3n) is 5.06. The Kier molecular flexibility index (Phi) is 5.81. The number of aryl methyl sites for hydroxylation is 1. The van der Waals surface area contributed by atoms with Crippen molar-refractivity contribution in [3.8, 4) is 0 Å². The highest BCUT2D eigenvalue weighted by molar-refractivity contribution is 5.98. The Morgan fingerprint density at radius 1 is 1.21 bits per heavy atom. The Balaban J connectivity index is 1.90. The number of primary amides is 1. The minimum atomic E-state index is -0.561. The predicted octanol–water partition coefficient (Wildman–Crippen LogP) is 2.24. The van der Waals surface area contributed by atoms with Crippen molar-refractivity contribution in [3.63, 3.8) is 0 Å². The van der Waals surface area contributed by atoms with Crippen molar-refractivity contribution in [1.82, 2.24) is 14.9 Å². The Bertz CT molecular complexity index is 927. The van der Waals surface area contributed by atoms with Crippen LogP contribution in [0.15, 0.2) is 43.1 Å². The number of hydrogen-bond acceptors (Lipinski definition) is 6. The van der Waals surface area contributed by atoms with Gasteiger partial charge in [0.1, 0.15) is 11.6 Å². The van der Waals surface area contributed by atoms with Crippen molar-refractivity contribution in [2.75, 3.05) is 23.3 Å². The molecule has 29 heavy (non-hydrogen) atoms. The van der Waals surface area contributed by atoms with E-state index in [4.69, 9.17) is 5.73 Å². The molecule has 0 aromatic carbocycles. The first-order chi connectivity index (χ1) is 13.8. The molecule has 8 nitrogen and oxygen atoms in total. The van der Waals surface area contributed by atoms with Crippen LogP contribution >= 0.6 is 0 Å². The predicted molar refractivity (Wildman–Crippen MR) is 113 cm³/mol. The van der Waals surface area contributed by atoms with E-state index in [1.165, 1.54) is 6.08 Å². The summed E-state index contributed by atoms with van der Waals surface area (Å²) in [6, 6.07) is 7.25. The summed E-state index contributed by atoms with van der Waals surface area (Å²) in [6.45, 7) is 10.7. The average molecular weight is 394 g/mol. The molecule has 3 N–H and O–H groups in total. The third kappa shape index (κ3) is 4.37. The number of carbonyl (C=O) groups is 2.